The van der Waals surface area contributed by atoms with Crippen LogP contribution in [0.4, 0.5) is 34.1 Å². The van der Waals surface area contributed by atoms with Crippen molar-refractivity contribution in [1.82, 2.24) is 0 Å². The van der Waals surface area contributed by atoms with Gasteiger partial charge in [0, 0.05) is 38.1 Å². The molecule has 0 N–H and O–H groups in total. The minimum absolute atomic E-state index is 0.0466. The number of benzene rings is 8. The highest BCUT2D eigenvalue weighted by Crippen LogP contribution is 2.53. The van der Waals surface area contributed by atoms with Crippen LogP contribution in [-0.2, 0) is 16.2 Å². The summed E-state index contributed by atoms with van der Waals surface area (Å²) in [5, 5.41) is 0. The summed E-state index contributed by atoms with van der Waals surface area (Å²) in [5.41, 5.74) is 20.2. The van der Waals surface area contributed by atoms with E-state index in [4.69, 9.17) is 4.11 Å². The van der Waals surface area contributed by atoms with E-state index < -0.39 is 6.85 Å². The third-order valence-corrected chi connectivity index (χ3v) is 14.1. The van der Waals surface area contributed by atoms with Crippen LogP contribution in [0.5, 0.6) is 0 Å². The zero-order valence-corrected chi connectivity index (χ0v) is 37.4. The highest BCUT2D eigenvalue weighted by Gasteiger charge is 2.48. The summed E-state index contributed by atoms with van der Waals surface area (Å²) >= 11 is 0. The maximum absolute atomic E-state index is 9.12. The Bertz CT molecular complexity index is 3200. The molecule has 308 valence electrons. The van der Waals surface area contributed by atoms with Gasteiger partial charge in [0.2, 0.25) is 0 Å². The van der Waals surface area contributed by atoms with Gasteiger partial charge >= 0.3 is 0 Å². The van der Waals surface area contributed by atoms with E-state index in [2.05, 4.69) is 216 Å². The first kappa shape index (κ1) is 36.0. The van der Waals surface area contributed by atoms with E-state index in [9.17, 15) is 0 Å². The van der Waals surface area contributed by atoms with Crippen molar-refractivity contribution < 1.29 is 4.11 Å². The Hall–Kier alpha value is -6.58. The quantitative estimate of drug-likeness (QED) is 0.160. The first-order valence-corrected chi connectivity index (χ1v) is 22.5. The molecule has 0 fully saturated rings. The fraction of sp³-hybridized carbons (Fsp3) is 0.200. The Morgan fingerprint density at radius 3 is 1.68 bits per heavy atom. The maximum atomic E-state index is 9.12. The van der Waals surface area contributed by atoms with E-state index in [0.29, 0.717) is 5.56 Å². The molecular formula is C60H55BN2. The van der Waals surface area contributed by atoms with Crippen molar-refractivity contribution >= 4 is 57.2 Å². The molecular weight excluding hydrogens is 759 g/mol. The molecule has 63 heavy (non-hydrogen) atoms. The standard InChI is InChI=1S/C60H55BN2/c1-39-31-55-57-56(32-39)63(52-30-28-45(58(2,3)4)35-47(52)42-23-16-11-17-24-42)54-37-49-48(59(5,6)38-60(49,7)8)36-51(54)61(57)50-29-27-44(41-21-14-10-15-22-41)34-53(50)62(55)46-26-18-25-43(33-46)40-19-12-9-13-20-40/h9-37H,38H2,1-8H3/i1D3. The van der Waals surface area contributed by atoms with Gasteiger partial charge in [0.1, 0.15) is 0 Å². The molecule has 0 saturated carbocycles. The topological polar surface area (TPSA) is 6.48 Å². The molecule has 3 heteroatoms. The Morgan fingerprint density at radius 2 is 1.05 bits per heavy atom. The monoisotopic (exact) mass is 817 g/mol. The Labute approximate surface area is 379 Å². The van der Waals surface area contributed by atoms with E-state index in [1.165, 1.54) is 27.6 Å². The molecule has 0 aromatic heterocycles. The van der Waals surface area contributed by atoms with Gasteiger partial charge in [-0.2, -0.15) is 0 Å². The van der Waals surface area contributed by atoms with Crippen molar-refractivity contribution in [3.05, 3.63) is 198 Å². The van der Waals surface area contributed by atoms with Crippen LogP contribution in [0.25, 0.3) is 33.4 Å². The van der Waals surface area contributed by atoms with Gasteiger partial charge in [-0.1, -0.05) is 176 Å². The number of rotatable bonds is 5. The first-order chi connectivity index (χ1) is 31.5. The van der Waals surface area contributed by atoms with Crippen LogP contribution in [0.1, 0.15) is 81.3 Å². The second kappa shape index (κ2) is 14.2. The first-order valence-electron chi connectivity index (χ1n) is 24.0. The Morgan fingerprint density at radius 1 is 0.476 bits per heavy atom. The van der Waals surface area contributed by atoms with Gasteiger partial charge in [-0.15, -0.1) is 0 Å². The average Bonchev–Trinajstić information content (AvgIpc) is 3.49. The minimum Gasteiger partial charge on any atom is -0.311 e. The minimum atomic E-state index is -2.39. The third-order valence-electron chi connectivity index (χ3n) is 14.1. The average molecular weight is 818 g/mol. The molecule has 0 bridgehead atoms. The normalized spacial score (nSPS) is 16.3. The molecule has 1 aliphatic carbocycles. The van der Waals surface area contributed by atoms with Crippen molar-refractivity contribution in [3.8, 4) is 33.4 Å². The van der Waals surface area contributed by atoms with E-state index in [-0.39, 0.29) is 23.0 Å². The molecule has 0 radical (unpaired) electrons. The van der Waals surface area contributed by atoms with Gasteiger partial charge in [-0.3, -0.25) is 0 Å². The van der Waals surface area contributed by atoms with Gasteiger partial charge in [0.25, 0.3) is 6.71 Å². The van der Waals surface area contributed by atoms with Crippen LogP contribution in [0, 0.1) is 6.85 Å². The maximum Gasteiger partial charge on any atom is 0.252 e. The van der Waals surface area contributed by atoms with E-state index in [1.807, 2.05) is 18.2 Å². The van der Waals surface area contributed by atoms with Crippen molar-refractivity contribution in [1.29, 1.82) is 0 Å². The Balaban J connectivity index is 1.28. The van der Waals surface area contributed by atoms with Crippen LogP contribution in [0.3, 0.4) is 0 Å². The number of fused-ring (bicyclic) bond motifs is 5. The lowest BCUT2D eigenvalue weighted by atomic mass is 9.33. The highest BCUT2D eigenvalue weighted by atomic mass is 15.2. The van der Waals surface area contributed by atoms with Gasteiger partial charge < -0.3 is 9.80 Å². The molecule has 0 amide bonds. The molecule has 8 aromatic carbocycles. The van der Waals surface area contributed by atoms with Crippen LogP contribution in [0.2, 0.25) is 0 Å². The summed E-state index contributed by atoms with van der Waals surface area (Å²) in [4.78, 5) is 4.78. The number of aryl methyl sites for hydroxylation is 1. The van der Waals surface area contributed by atoms with Crippen LogP contribution >= 0.6 is 0 Å². The smallest absolute Gasteiger partial charge is 0.252 e. The lowest BCUT2D eigenvalue weighted by Crippen LogP contribution is -2.61. The molecule has 0 atom stereocenters. The summed E-state index contributed by atoms with van der Waals surface area (Å²) in [5.74, 6) is 0. The summed E-state index contributed by atoms with van der Waals surface area (Å²) in [7, 11) is 0. The van der Waals surface area contributed by atoms with Crippen molar-refractivity contribution in [3.63, 3.8) is 0 Å². The zero-order valence-electron chi connectivity index (χ0n) is 40.4. The molecule has 11 rings (SSSR count). The van der Waals surface area contributed by atoms with E-state index >= 15 is 0 Å². The summed E-state index contributed by atoms with van der Waals surface area (Å²) in [6, 6.07) is 63.3. The number of hydrogen-bond donors (Lipinski definition) is 0. The lowest BCUT2D eigenvalue weighted by molar-refractivity contribution is 0.403. The highest BCUT2D eigenvalue weighted by molar-refractivity contribution is 7.00. The SMILES string of the molecule is [2H]C([2H])([2H])c1cc2c3c(c1)N(c1ccc(C(C)(C)C)cc1-c1ccccc1)c1cc4c(cc1B3c1ccc(-c3ccccc3)cc1N2c1cccc(-c2ccccc2)c1)C(C)(C)CC4(C)C. The third kappa shape index (κ3) is 6.38. The number of nitrogens with zero attached hydrogens (tertiary/aromatic N) is 2. The van der Waals surface area contributed by atoms with Gasteiger partial charge in [0.05, 0.1) is 5.69 Å². The van der Waals surface area contributed by atoms with Crippen molar-refractivity contribution in [2.45, 2.75) is 78.0 Å². The van der Waals surface area contributed by atoms with E-state index in [0.717, 1.165) is 79.4 Å². The predicted octanol–water partition coefficient (Wildman–Crippen LogP) is 14.3. The Kier molecular flexibility index (Phi) is 8.12. The molecule has 0 spiro atoms. The van der Waals surface area contributed by atoms with Crippen molar-refractivity contribution in [2.75, 3.05) is 9.80 Å². The van der Waals surface area contributed by atoms with E-state index in [1.54, 1.807) is 0 Å². The van der Waals surface area contributed by atoms with Crippen LogP contribution in [0.15, 0.2) is 176 Å². The molecule has 2 nitrogen and oxygen atoms in total. The lowest BCUT2D eigenvalue weighted by Gasteiger charge is -2.45. The summed E-state index contributed by atoms with van der Waals surface area (Å²) in [6.07, 6.45) is 1.03. The van der Waals surface area contributed by atoms with Gasteiger partial charge in [-0.05, 0) is 145 Å². The summed E-state index contributed by atoms with van der Waals surface area (Å²) < 4.78 is 27.4. The largest absolute Gasteiger partial charge is 0.311 e. The predicted molar refractivity (Wildman–Crippen MR) is 271 cm³/mol. The molecule has 3 aliphatic rings. The van der Waals surface area contributed by atoms with Gasteiger partial charge in [-0.25, -0.2) is 0 Å². The molecule has 0 unspecified atom stereocenters. The number of hydrogen-bond acceptors (Lipinski definition) is 2. The molecule has 2 heterocycles. The second-order valence-corrected chi connectivity index (χ2v) is 20.3. The molecule has 8 aromatic rings. The van der Waals surface area contributed by atoms with Crippen molar-refractivity contribution in [2.24, 2.45) is 0 Å². The fourth-order valence-corrected chi connectivity index (χ4v) is 11.3. The van der Waals surface area contributed by atoms with Crippen LogP contribution in [-0.4, -0.2) is 6.71 Å². The second-order valence-electron chi connectivity index (χ2n) is 20.3. The van der Waals surface area contributed by atoms with Crippen LogP contribution < -0.4 is 26.2 Å². The zero-order chi connectivity index (χ0) is 45.9. The number of anilines is 6. The summed E-state index contributed by atoms with van der Waals surface area (Å²) in [6.45, 7) is 13.8. The molecule has 2 aliphatic heterocycles. The fourth-order valence-electron chi connectivity index (χ4n) is 11.3. The van der Waals surface area contributed by atoms with Gasteiger partial charge in [0.15, 0.2) is 0 Å². The molecule has 0 saturated heterocycles.